The Morgan fingerprint density at radius 1 is 1.52 bits per heavy atom. The van der Waals surface area contributed by atoms with E-state index in [1.165, 1.54) is 5.56 Å². The molecule has 0 bridgehead atoms. The van der Waals surface area contributed by atoms with Crippen molar-refractivity contribution in [2.45, 2.75) is 52.1 Å². The molecule has 0 aliphatic carbocycles. The molecule has 1 fully saturated rings. The number of pyridine rings is 1. The molecule has 1 aliphatic heterocycles. The van der Waals surface area contributed by atoms with Crippen LogP contribution in [0.1, 0.15) is 43.7 Å². The van der Waals surface area contributed by atoms with Crippen molar-refractivity contribution in [2.24, 2.45) is 5.73 Å². The number of aryl methyl sites for hydroxylation is 1. The Hall–Kier alpha value is -1.62. The Bertz CT molecular complexity index is 489. The standard InChI is InChI=1S/C16H26N4O/c1-3-7-18-10-13-9-12(2)16(19-11-13)20-8-5-4-6-14(20)15(17)21/h9,11,14,18H,3-8,10H2,1-2H3,(H2,17,21). The van der Waals surface area contributed by atoms with Gasteiger partial charge in [0.2, 0.25) is 5.91 Å². The number of carbonyl (C=O) groups excluding carboxylic acids is 1. The molecule has 1 unspecified atom stereocenters. The van der Waals surface area contributed by atoms with Crippen LogP contribution in [0.5, 0.6) is 0 Å². The monoisotopic (exact) mass is 290 g/mol. The van der Waals surface area contributed by atoms with Gasteiger partial charge >= 0.3 is 0 Å². The van der Waals surface area contributed by atoms with Gasteiger partial charge in [0.15, 0.2) is 0 Å². The van der Waals surface area contributed by atoms with E-state index >= 15 is 0 Å². The zero-order chi connectivity index (χ0) is 15.2. The molecule has 0 saturated carbocycles. The van der Waals surface area contributed by atoms with Gasteiger partial charge in [0.25, 0.3) is 0 Å². The summed E-state index contributed by atoms with van der Waals surface area (Å²) in [5, 5.41) is 3.38. The lowest BCUT2D eigenvalue weighted by molar-refractivity contribution is -0.119. The molecule has 5 heteroatoms. The molecule has 1 saturated heterocycles. The third-order valence-corrected chi connectivity index (χ3v) is 3.97. The first-order chi connectivity index (χ1) is 10.1. The van der Waals surface area contributed by atoms with E-state index in [1.807, 2.05) is 6.20 Å². The van der Waals surface area contributed by atoms with Crippen LogP contribution in [-0.4, -0.2) is 30.0 Å². The summed E-state index contributed by atoms with van der Waals surface area (Å²) < 4.78 is 0. The molecule has 5 nitrogen and oxygen atoms in total. The van der Waals surface area contributed by atoms with Crippen LogP contribution in [0.25, 0.3) is 0 Å². The molecule has 0 spiro atoms. The van der Waals surface area contributed by atoms with Gasteiger partial charge in [-0.15, -0.1) is 0 Å². The normalized spacial score (nSPS) is 18.8. The first kappa shape index (κ1) is 15.8. The molecule has 3 N–H and O–H groups in total. The summed E-state index contributed by atoms with van der Waals surface area (Å²) in [6.45, 7) is 6.91. The van der Waals surface area contributed by atoms with Gasteiger partial charge in [-0.3, -0.25) is 4.79 Å². The second kappa shape index (κ2) is 7.41. The number of anilines is 1. The van der Waals surface area contributed by atoms with E-state index < -0.39 is 0 Å². The van der Waals surface area contributed by atoms with E-state index in [0.717, 1.165) is 56.7 Å². The van der Waals surface area contributed by atoms with Gasteiger partial charge in [-0.2, -0.15) is 0 Å². The van der Waals surface area contributed by atoms with E-state index in [2.05, 4.69) is 35.1 Å². The maximum Gasteiger partial charge on any atom is 0.240 e. The molecular formula is C16H26N4O. The van der Waals surface area contributed by atoms with Crippen LogP contribution < -0.4 is 16.0 Å². The van der Waals surface area contributed by atoms with Crippen LogP contribution in [-0.2, 0) is 11.3 Å². The Kier molecular flexibility index (Phi) is 5.56. The summed E-state index contributed by atoms with van der Waals surface area (Å²) >= 11 is 0. The Balaban J connectivity index is 2.13. The number of hydrogen-bond acceptors (Lipinski definition) is 4. The second-order valence-corrected chi connectivity index (χ2v) is 5.77. The summed E-state index contributed by atoms with van der Waals surface area (Å²) in [6.07, 6.45) is 6.00. The third kappa shape index (κ3) is 3.94. The highest BCUT2D eigenvalue weighted by molar-refractivity contribution is 5.83. The van der Waals surface area contributed by atoms with E-state index in [4.69, 9.17) is 5.73 Å². The van der Waals surface area contributed by atoms with Gasteiger partial charge < -0.3 is 16.0 Å². The summed E-state index contributed by atoms with van der Waals surface area (Å²) in [7, 11) is 0. The molecule has 1 aromatic heterocycles. The van der Waals surface area contributed by atoms with E-state index in [1.54, 1.807) is 0 Å². The van der Waals surface area contributed by atoms with Crippen LogP contribution in [0.2, 0.25) is 0 Å². The SMILES string of the molecule is CCCNCc1cnc(N2CCCCC2C(N)=O)c(C)c1. The summed E-state index contributed by atoms with van der Waals surface area (Å²) in [5.74, 6) is 0.655. The topological polar surface area (TPSA) is 71.2 Å². The molecule has 1 aromatic rings. The summed E-state index contributed by atoms with van der Waals surface area (Å²) in [6, 6.07) is 1.94. The zero-order valence-electron chi connectivity index (χ0n) is 13.1. The first-order valence-corrected chi connectivity index (χ1v) is 7.85. The Morgan fingerprint density at radius 2 is 2.33 bits per heavy atom. The minimum Gasteiger partial charge on any atom is -0.368 e. The molecular weight excluding hydrogens is 264 g/mol. The summed E-state index contributed by atoms with van der Waals surface area (Å²) in [4.78, 5) is 18.3. The van der Waals surface area contributed by atoms with Crippen molar-refractivity contribution >= 4 is 11.7 Å². The zero-order valence-corrected chi connectivity index (χ0v) is 13.1. The fraction of sp³-hybridized carbons (Fsp3) is 0.625. The first-order valence-electron chi connectivity index (χ1n) is 7.85. The number of carbonyl (C=O) groups is 1. The van der Waals surface area contributed by atoms with E-state index in [0.29, 0.717) is 0 Å². The van der Waals surface area contributed by atoms with Crippen molar-refractivity contribution in [3.63, 3.8) is 0 Å². The smallest absolute Gasteiger partial charge is 0.240 e. The number of hydrogen-bond donors (Lipinski definition) is 2. The van der Waals surface area contributed by atoms with Gasteiger partial charge in [0.05, 0.1) is 0 Å². The van der Waals surface area contributed by atoms with Crippen LogP contribution in [0.15, 0.2) is 12.3 Å². The number of nitrogens with zero attached hydrogens (tertiary/aromatic N) is 2. The minimum absolute atomic E-state index is 0.214. The number of amides is 1. The lowest BCUT2D eigenvalue weighted by atomic mass is 10.0. The number of rotatable bonds is 6. The van der Waals surface area contributed by atoms with Crippen molar-refractivity contribution in [1.82, 2.24) is 10.3 Å². The van der Waals surface area contributed by atoms with Gasteiger partial charge in [0, 0.05) is 19.3 Å². The highest BCUT2D eigenvalue weighted by Crippen LogP contribution is 2.26. The predicted molar refractivity (Wildman–Crippen MR) is 85.2 cm³/mol. The molecule has 2 rings (SSSR count). The summed E-state index contributed by atoms with van der Waals surface area (Å²) in [5.41, 5.74) is 7.83. The maximum atomic E-state index is 11.6. The van der Waals surface area contributed by atoms with Crippen molar-refractivity contribution in [1.29, 1.82) is 0 Å². The molecule has 21 heavy (non-hydrogen) atoms. The van der Waals surface area contributed by atoms with Crippen molar-refractivity contribution in [2.75, 3.05) is 18.0 Å². The second-order valence-electron chi connectivity index (χ2n) is 5.77. The number of primary amides is 1. The molecule has 2 heterocycles. The maximum absolute atomic E-state index is 11.6. The number of nitrogens with two attached hydrogens (primary N) is 1. The lowest BCUT2D eigenvalue weighted by Gasteiger charge is -2.35. The highest BCUT2D eigenvalue weighted by atomic mass is 16.1. The minimum atomic E-state index is -0.246. The molecule has 1 atom stereocenters. The van der Waals surface area contributed by atoms with Crippen LogP contribution >= 0.6 is 0 Å². The van der Waals surface area contributed by atoms with Crippen LogP contribution in [0.3, 0.4) is 0 Å². The van der Waals surface area contributed by atoms with Gasteiger partial charge in [-0.1, -0.05) is 6.92 Å². The van der Waals surface area contributed by atoms with Gasteiger partial charge in [-0.05, 0) is 56.3 Å². The fourth-order valence-corrected chi connectivity index (χ4v) is 2.91. The highest BCUT2D eigenvalue weighted by Gasteiger charge is 2.28. The molecule has 1 aliphatic rings. The lowest BCUT2D eigenvalue weighted by Crippen LogP contribution is -2.48. The molecule has 1 amide bonds. The fourth-order valence-electron chi connectivity index (χ4n) is 2.91. The van der Waals surface area contributed by atoms with Gasteiger partial charge in [0.1, 0.15) is 11.9 Å². The Labute approximate surface area is 126 Å². The number of nitrogens with one attached hydrogen (secondary N) is 1. The van der Waals surface area contributed by atoms with Crippen LogP contribution in [0, 0.1) is 6.92 Å². The predicted octanol–water partition coefficient (Wildman–Crippen LogP) is 1.73. The van der Waals surface area contributed by atoms with Crippen molar-refractivity contribution in [3.8, 4) is 0 Å². The Morgan fingerprint density at radius 3 is 3.00 bits per heavy atom. The average Bonchev–Trinajstić information content (AvgIpc) is 2.48. The number of piperidine rings is 1. The largest absolute Gasteiger partial charge is 0.368 e. The van der Waals surface area contributed by atoms with Gasteiger partial charge in [-0.25, -0.2) is 4.98 Å². The average molecular weight is 290 g/mol. The number of aromatic nitrogens is 1. The van der Waals surface area contributed by atoms with Crippen molar-refractivity contribution in [3.05, 3.63) is 23.4 Å². The third-order valence-electron chi connectivity index (χ3n) is 3.97. The quantitative estimate of drug-likeness (QED) is 0.783. The molecule has 116 valence electrons. The van der Waals surface area contributed by atoms with E-state index in [9.17, 15) is 4.79 Å². The molecule has 0 aromatic carbocycles. The van der Waals surface area contributed by atoms with Crippen LogP contribution in [0.4, 0.5) is 5.82 Å². The van der Waals surface area contributed by atoms with E-state index in [-0.39, 0.29) is 11.9 Å². The molecule has 0 radical (unpaired) electrons. The van der Waals surface area contributed by atoms with Crippen molar-refractivity contribution < 1.29 is 4.79 Å².